The number of rotatable bonds is 5. The molecule has 0 aliphatic carbocycles. The molecule has 2 rings (SSSR count). The zero-order valence-electron chi connectivity index (χ0n) is 12.0. The molecule has 0 aliphatic rings. The summed E-state index contributed by atoms with van der Waals surface area (Å²) in [5, 5.41) is 0. The molecule has 0 aliphatic heterocycles. The van der Waals surface area contributed by atoms with Gasteiger partial charge in [0.2, 0.25) is 0 Å². The van der Waals surface area contributed by atoms with E-state index in [4.69, 9.17) is 10.6 Å². The Labute approximate surface area is 119 Å². The van der Waals surface area contributed by atoms with Crippen molar-refractivity contribution in [3.05, 3.63) is 53.6 Å². The molecule has 106 valence electrons. The van der Waals surface area contributed by atoms with Crippen molar-refractivity contribution in [2.75, 3.05) is 0 Å². The first-order valence-corrected chi connectivity index (χ1v) is 6.62. The molecule has 2 aromatic rings. The Morgan fingerprint density at radius 2 is 1.85 bits per heavy atom. The molecule has 5 heteroatoms. The molecule has 3 N–H and O–H groups in total. The van der Waals surface area contributed by atoms with Crippen molar-refractivity contribution < 1.29 is 4.74 Å². The number of nitrogens with zero attached hydrogens (tertiary/aromatic N) is 2. The number of ether oxygens (including phenoxy) is 1. The van der Waals surface area contributed by atoms with Crippen LogP contribution in [0.1, 0.15) is 37.0 Å². The molecule has 1 unspecified atom stereocenters. The first kappa shape index (κ1) is 14.4. The third-order valence-corrected chi connectivity index (χ3v) is 2.85. The number of benzene rings is 1. The normalized spacial score (nSPS) is 12.4. The lowest BCUT2D eigenvalue weighted by Crippen LogP contribution is -2.29. The van der Waals surface area contributed by atoms with Gasteiger partial charge in [-0.15, -0.1) is 0 Å². The van der Waals surface area contributed by atoms with Gasteiger partial charge in [-0.1, -0.05) is 12.1 Å². The number of aromatic nitrogens is 2. The average Bonchev–Trinajstić information content (AvgIpc) is 2.41. The molecule has 0 bridgehead atoms. The Balaban J connectivity index is 2.23. The van der Waals surface area contributed by atoms with Crippen LogP contribution in [-0.4, -0.2) is 16.1 Å². The van der Waals surface area contributed by atoms with E-state index in [0.29, 0.717) is 0 Å². The van der Waals surface area contributed by atoms with Gasteiger partial charge in [-0.25, -0.2) is 15.4 Å². The third-order valence-electron chi connectivity index (χ3n) is 2.85. The van der Waals surface area contributed by atoms with Crippen LogP contribution in [0.2, 0.25) is 0 Å². The highest BCUT2D eigenvalue weighted by Gasteiger charge is 2.14. The quantitative estimate of drug-likeness (QED) is 0.644. The van der Waals surface area contributed by atoms with Crippen LogP contribution in [0.25, 0.3) is 0 Å². The van der Waals surface area contributed by atoms with Crippen molar-refractivity contribution in [3.8, 4) is 5.75 Å². The summed E-state index contributed by atoms with van der Waals surface area (Å²) >= 11 is 0. The van der Waals surface area contributed by atoms with Crippen LogP contribution in [-0.2, 0) is 0 Å². The van der Waals surface area contributed by atoms with E-state index in [1.165, 1.54) is 0 Å². The minimum absolute atomic E-state index is 0.161. The smallest absolute Gasteiger partial charge is 0.125 e. The van der Waals surface area contributed by atoms with Crippen LogP contribution in [0.3, 0.4) is 0 Å². The van der Waals surface area contributed by atoms with Crippen molar-refractivity contribution in [1.82, 2.24) is 15.4 Å². The number of aryl methyl sites for hydroxylation is 1. The lowest BCUT2D eigenvalue weighted by Gasteiger charge is -2.17. The minimum atomic E-state index is -0.162. The van der Waals surface area contributed by atoms with Gasteiger partial charge < -0.3 is 4.74 Å². The Kier molecular flexibility index (Phi) is 4.65. The fourth-order valence-electron chi connectivity index (χ4n) is 2.00. The molecule has 0 saturated carbocycles. The highest BCUT2D eigenvalue weighted by molar-refractivity contribution is 5.33. The SMILES string of the molecule is Cc1nccc(C(NN)c2ccc(OC(C)C)cc2)n1. The molecule has 20 heavy (non-hydrogen) atoms. The lowest BCUT2D eigenvalue weighted by molar-refractivity contribution is 0.242. The van der Waals surface area contributed by atoms with E-state index in [1.807, 2.05) is 51.1 Å². The van der Waals surface area contributed by atoms with Gasteiger partial charge in [0.25, 0.3) is 0 Å². The van der Waals surface area contributed by atoms with E-state index in [9.17, 15) is 0 Å². The summed E-state index contributed by atoms with van der Waals surface area (Å²) in [4.78, 5) is 8.50. The molecule has 1 atom stereocenters. The van der Waals surface area contributed by atoms with E-state index in [1.54, 1.807) is 6.20 Å². The number of hydrogen-bond acceptors (Lipinski definition) is 5. The topological polar surface area (TPSA) is 73.1 Å². The Bertz CT molecular complexity index is 554. The minimum Gasteiger partial charge on any atom is -0.491 e. The first-order chi connectivity index (χ1) is 9.60. The largest absolute Gasteiger partial charge is 0.491 e. The molecule has 0 spiro atoms. The maximum Gasteiger partial charge on any atom is 0.125 e. The Morgan fingerprint density at radius 3 is 2.40 bits per heavy atom. The van der Waals surface area contributed by atoms with E-state index in [-0.39, 0.29) is 12.1 Å². The average molecular weight is 272 g/mol. The summed E-state index contributed by atoms with van der Waals surface area (Å²) in [7, 11) is 0. The van der Waals surface area contributed by atoms with E-state index in [0.717, 1.165) is 22.8 Å². The summed E-state index contributed by atoms with van der Waals surface area (Å²) in [5.41, 5.74) is 4.67. The standard InChI is InChI=1S/C15H20N4O/c1-10(2)20-13-6-4-12(5-7-13)15(19-16)14-8-9-17-11(3)18-14/h4-10,15,19H,16H2,1-3H3. The van der Waals surface area contributed by atoms with E-state index < -0.39 is 0 Å². The van der Waals surface area contributed by atoms with Crippen LogP contribution in [0.15, 0.2) is 36.5 Å². The molecule has 0 saturated heterocycles. The van der Waals surface area contributed by atoms with Crippen molar-refractivity contribution in [2.24, 2.45) is 5.84 Å². The van der Waals surface area contributed by atoms with Gasteiger partial charge in [-0.2, -0.15) is 0 Å². The van der Waals surface area contributed by atoms with Gasteiger partial charge in [0.15, 0.2) is 0 Å². The maximum absolute atomic E-state index is 5.66. The molecule has 1 heterocycles. The molecule has 0 amide bonds. The van der Waals surface area contributed by atoms with Gasteiger partial charge in [0.1, 0.15) is 11.6 Å². The van der Waals surface area contributed by atoms with Crippen molar-refractivity contribution in [3.63, 3.8) is 0 Å². The molecular weight excluding hydrogens is 252 g/mol. The van der Waals surface area contributed by atoms with Crippen LogP contribution in [0, 0.1) is 6.92 Å². The second kappa shape index (κ2) is 6.45. The zero-order valence-corrected chi connectivity index (χ0v) is 12.0. The number of hydrogen-bond donors (Lipinski definition) is 2. The molecule has 1 aromatic heterocycles. The number of nitrogens with one attached hydrogen (secondary N) is 1. The van der Waals surface area contributed by atoms with Crippen LogP contribution >= 0.6 is 0 Å². The predicted octanol–water partition coefficient (Wildman–Crippen LogP) is 2.12. The van der Waals surface area contributed by atoms with E-state index in [2.05, 4.69) is 15.4 Å². The second-order valence-corrected chi connectivity index (χ2v) is 4.86. The Morgan fingerprint density at radius 1 is 1.15 bits per heavy atom. The summed E-state index contributed by atoms with van der Waals surface area (Å²) in [5.74, 6) is 7.23. The molecule has 0 fully saturated rings. The molecular formula is C15H20N4O. The predicted molar refractivity (Wildman–Crippen MR) is 78.1 cm³/mol. The third kappa shape index (κ3) is 3.53. The van der Waals surface area contributed by atoms with Gasteiger partial charge in [-0.3, -0.25) is 5.84 Å². The first-order valence-electron chi connectivity index (χ1n) is 6.62. The highest BCUT2D eigenvalue weighted by atomic mass is 16.5. The van der Waals surface area contributed by atoms with Gasteiger partial charge in [0, 0.05) is 6.20 Å². The molecule has 0 radical (unpaired) electrons. The highest BCUT2D eigenvalue weighted by Crippen LogP contribution is 2.22. The molecule has 1 aromatic carbocycles. The van der Waals surface area contributed by atoms with Crippen LogP contribution in [0.4, 0.5) is 0 Å². The summed E-state index contributed by atoms with van der Waals surface area (Å²) in [6, 6.07) is 9.54. The van der Waals surface area contributed by atoms with Gasteiger partial charge in [0.05, 0.1) is 17.8 Å². The van der Waals surface area contributed by atoms with E-state index >= 15 is 0 Å². The maximum atomic E-state index is 5.66. The van der Waals surface area contributed by atoms with Crippen molar-refractivity contribution in [1.29, 1.82) is 0 Å². The van der Waals surface area contributed by atoms with Crippen LogP contribution < -0.4 is 16.0 Å². The monoisotopic (exact) mass is 272 g/mol. The van der Waals surface area contributed by atoms with Crippen molar-refractivity contribution in [2.45, 2.75) is 32.9 Å². The number of nitrogens with two attached hydrogens (primary N) is 1. The Hall–Kier alpha value is -1.98. The number of hydrazine groups is 1. The summed E-state index contributed by atoms with van der Waals surface area (Å²) < 4.78 is 5.63. The second-order valence-electron chi connectivity index (χ2n) is 4.86. The van der Waals surface area contributed by atoms with Crippen LogP contribution in [0.5, 0.6) is 5.75 Å². The fourth-order valence-corrected chi connectivity index (χ4v) is 2.00. The molecule has 5 nitrogen and oxygen atoms in total. The fraction of sp³-hybridized carbons (Fsp3) is 0.333. The van der Waals surface area contributed by atoms with Gasteiger partial charge >= 0.3 is 0 Å². The van der Waals surface area contributed by atoms with Gasteiger partial charge in [-0.05, 0) is 44.5 Å². The lowest BCUT2D eigenvalue weighted by atomic mass is 10.0. The van der Waals surface area contributed by atoms with Crippen molar-refractivity contribution >= 4 is 0 Å². The summed E-state index contributed by atoms with van der Waals surface area (Å²) in [6.07, 6.45) is 1.90. The summed E-state index contributed by atoms with van der Waals surface area (Å²) in [6.45, 7) is 5.86. The zero-order chi connectivity index (χ0) is 14.5.